The minimum Gasteiger partial charge on any atom is -0.497 e. The molecule has 1 atom stereocenters. The Balaban J connectivity index is 1.84. The molecule has 1 unspecified atom stereocenters. The molecule has 1 aromatic heterocycles. The first-order chi connectivity index (χ1) is 11.7. The zero-order chi connectivity index (χ0) is 17.2. The van der Waals surface area contributed by atoms with E-state index in [1.54, 1.807) is 13.3 Å². The first-order valence-corrected chi connectivity index (χ1v) is 8.02. The molecule has 1 aromatic carbocycles. The molecule has 0 fully saturated rings. The predicted octanol–water partition coefficient (Wildman–Crippen LogP) is 1.94. The van der Waals surface area contributed by atoms with Crippen molar-refractivity contribution in [2.45, 2.75) is 26.5 Å². The van der Waals surface area contributed by atoms with Crippen molar-refractivity contribution in [2.75, 3.05) is 20.2 Å². The molecular weight excluding hydrogens is 306 g/mol. The third-order valence-electron chi connectivity index (χ3n) is 3.25. The van der Waals surface area contributed by atoms with Crippen molar-refractivity contribution < 1.29 is 9.47 Å². The van der Waals surface area contributed by atoms with E-state index in [-0.39, 0.29) is 6.10 Å². The van der Waals surface area contributed by atoms with Crippen LogP contribution in [0.4, 0.5) is 0 Å². The summed E-state index contributed by atoms with van der Waals surface area (Å²) in [6.07, 6.45) is 1.70. The zero-order valence-corrected chi connectivity index (χ0v) is 14.4. The van der Waals surface area contributed by atoms with Gasteiger partial charge in [0.15, 0.2) is 5.96 Å². The van der Waals surface area contributed by atoms with Gasteiger partial charge in [-0.05, 0) is 32.0 Å². The second kappa shape index (κ2) is 9.44. The molecule has 2 aromatic rings. The second-order valence-electron chi connectivity index (χ2n) is 5.27. The van der Waals surface area contributed by atoms with E-state index < -0.39 is 0 Å². The molecule has 3 N–H and O–H groups in total. The first kappa shape index (κ1) is 17.7. The van der Waals surface area contributed by atoms with Crippen LogP contribution in [0.3, 0.4) is 0 Å². The second-order valence-corrected chi connectivity index (χ2v) is 5.27. The van der Waals surface area contributed by atoms with E-state index in [1.165, 1.54) is 0 Å². The van der Waals surface area contributed by atoms with E-state index in [9.17, 15) is 0 Å². The molecule has 7 nitrogen and oxygen atoms in total. The normalized spacial score (nSPS) is 12.5. The molecule has 0 saturated carbocycles. The quantitative estimate of drug-likeness (QED) is 0.509. The summed E-state index contributed by atoms with van der Waals surface area (Å²) in [6, 6.07) is 9.48. The fraction of sp³-hybridized carbons (Fsp3) is 0.412. The summed E-state index contributed by atoms with van der Waals surface area (Å²) in [5.41, 5.74) is 0.966. The van der Waals surface area contributed by atoms with E-state index >= 15 is 0 Å². The number of hydrogen-bond donors (Lipinski definition) is 3. The molecule has 0 spiro atoms. The van der Waals surface area contributed by atoms with Gasteiger partial charge in [0, 0.05) is 18.8 Å². The highest BCUT2D eigenvalue weighted by molar-refractivity contribution is 5.79. The lowest BCUT2D eigenvalue weighted by Gasteiger charge is -2.18. The summed E-state index contributed by atoms with van der Waals surface area (Å²) in [6.45, 7) is 6.00. The molecule has 0 aliphatic rings. The Labute approximate surface area is 142 Å². The third-order valence-corrected chi connectivity index (χ3v) is 3.25. The number of aliphatic imine (C=N–C) groups is 1. The molecule has 7 heteroatoms. The van der Waals surface area contributed by atoms with Gasteiger partial charge in [0.05, 0.1) is 25.9 Å². The SMILES string of the molecule is CCNC(=NCc1ccn[nH]1)NCC(C)Oc1cccc(OC)c1. The Kier molecular flexibility index (Phi) is 6.94. The molecule has 24 heavy (non-hydrogen) atoms. The van der Waals surface area contributed by atoms with Crippen molar-refractivity contribution in [2.24, 2.45) is 4.99 Å². The number of nitrogens with zero attached hydrogens (tertiary/aromatic N) is 2. The van der Waals surface area contributed by atoms with Gasteiger partial charge in [0.1, 0.15) is 17.6 Å². The fourth-order valence-corrected chi connectivity index (χ4v) is 2.07. The number of ether oxygens (including phenoxy) is 2. The number of aromatic nitrogens is 2. The summed E-state index contributed by atoms with van der Waals surface area (Å²) in [7, 11) is 1.64. The number of rotatable bonds is 8. The molecule has 2 rings (SSSR count). The standard InChI is InChI=1S/C17H25N5O2/c1-4-18-17(20-12-14-8-9-21-22-14)19-11-13(2)24-16-7-5-6-15(10-16)23-3/h5-10,13H,4,11-12H2,1-3H3,(H,21,22)(H2,18,19,20). The minimum absolute atomic E-state index is 0.0203. The molecule has 0 radical (unpaired) electrons. The van der Waals surface area contributed by atoms with Crippen LogP contribution in [0.5, 0.6) is 11.5 Å². The van der Waals surface area contributed by atoms with Gasteiger partial charge in [-0.2, -0.15) is 5.10 Å². The summed E-state index contributed by atoms with van der Waals surface area (Å²) >= 11 is 0. The lowest BCUT2D eigenvalue weighted by Crippen LogP contribution is -2.41. The lowest BCUT2D eigenvalue weighted by molar-refractivity contribution is 0.223. The highest BCUT2D eigenvalue weighted by Gasteiger charge is 2.06. The third kappa shape index (κ3) is 5.83. The van der Waals surface area contributed by atoms with E-state index in [2.05, 4.69) is 25.8 Å². The van der Waals surface area contributed by atoms with Crippen LogP contribution in [-0.2, 0) is 6.54 Å². The number of guanidine groups is 1. The number of benzene rings is 1. The van der Waals surface area contributed by atoms with Crippen LogP contribution in [0.25, 0.3) is 0 Å². The Morgan fingerprint density at radius 2 is 2.12 bits per heavy atom. The van der Waals surface area contributed by atoms with Gasteiger partial charge >= 0.3 is 0 Å². The van der Waals surface area contributed by atoms with Crippen LogP contribution in [-0.4, -0.2) is 42.5 Å². The molecule has 0 bridgehead atoms. The van der Waals surface area contributed by atoms with E-state index in [1.807, 2.05) is 44.2 Å². The van der Waals surface area contributed by atoms with E-state index in [0.717, 1.165) is 29.7 Å². The predicted molar refractivity (Wildman–Crippen MR) is 94.5 cm³/mol. The summed E-state index contributed by atoms with van der Waals surface area (Å²) in [5, 5.41) is 13.3. The van der Waals surface area contributed by atoms with Crippen molar-refractivity contribution in [1.82, 2.24) is 20.8 Å². The number of aromatic amines is 1. The Bertz CT molecular complexity index is 628. The number of methoxy groups -OCH3 is 1. The molecule has 0 aliphatic carbocycles. The molecular formula is C17H25N5O2. The van der Waals surface area contributed by atoms with Crippen molar-refractivity contribution in [3.8, 4) is 11.5 Å². The Morgan fingerprint density at radius 3 is 2.83 bits per heavy atom. The van der Waals surface area contributed by atoms with Gasteiger partial charge in [-0.25, -0.2) is 4.99 Å². The average molecular weight is 331 g/mol. The van der Waals surface area contributed by atoms with Gasteiger partial charge in [-0.1, -0.05) is 6.07 Å². The van der Waals surface area contributed by atoms with Gasteiger partial charge in [-0.15, -0.1) is 0 Å². The van der Waals surface area contributed by atoms with Crippen LogP contribution < -0.4 is 20.1 Å². The smallest absolute Gasteiger partial charge is 0.191 e. The minimum atomic E-state index is -0.0203. The van der Waals surface area contributed by atoms with Crippen molar-refractivity contribution in [3.63, 3.8) is 0 Å². The van der Waals surface area contributed by atoms with Crippen LogP contribution >= 0.6 is 0 Å². The number of hydrogen-bond acceptors (Lipinski definition) is 4. The van der Waals surface area contributed by atoms with Crippen molar-refractivity contribution in [1.29, 1.82) is 0 Å². The zero-order valence-electron chi connectivity index (χ0n) is 14.4. The topological polar surface area (TPSA) is 83.6 Å². The van der Waals surface area contributed by atoms with Gasteiger partial charge in [0.2, 0.25) is 0 Å². The fourth-order valence-electron chi connectivity index (χ4n) is 2.07. The van der Waals surface area contributed by atoms with Crippen LogP contribution in [0, 0.1) is 0 Å². The maximum atomic E-state index is 5.89. The lowest BCUT2D eigenvalue weighted by atomic mass is 10.3. The molecule has 1 heterocycles. The van der Waals surface area contributed by atoms with Crippen molar-refractivity contribution >= 4 is 5.96 Å². The summed E-state index contributed by atoms with van der Waals surface area (Å²) in [4.78, 5) is 4.51. The summed E-state index contributed by atoms with van der Waals surface area (Å²) in [5.74, 6) is 2.30. The largest absolute Gasteiger partial charge is 0.497 e. The van der Waals surface area contributed by atoms with E-state index in [0.29, 0.717) is 13.1 Å². The number of H-pyrrole nitrogens is 1. The highest BCUT2D eigenvalue weighted by Crippen LogP contribution is 2.19. The maximum absolute atomic E-state index is 5.89. The summed E-state index contributed by atoms with van der Waals surface area (Å²) < 4.78 is 11.1. The molecule has 0 saturated heterocycles. The monoisotopic (exact) mass is 331 g/mol. The maximum Gasteiger partial charge on any atom is 0.191 e. The molecule has 0 aliphatic heterocycles. The van der Waals surface area contributed by atoms with Crippen LogP contribution in [0.1, 0.15) is 19.5 Å². The average Bonchev–Trinajstić information content (AvgIpc) is 3.11. The van der Waals surface area contributed by atoms with Crippen LogP contribution in [0.2, 0.25) is 0 Å². The van der Waals surface area contributed by atoms with E-state index in [4.69, 9.17) is 9.47 Å². The Hall–Kier alpha value is -2.70. The van der Waals surface area contributed by atoms with Gasteiger partial charge < -0.3 is 20.1 Å². The molecule has 0 amide bonds. The van der Waals surface area contributed by atoms with Gasteiger partial charge in [0.25, 0.3) is 0 Å². The van der Waals surface area contributed by atoms with Gasteiger partial charge in [-0.3, -0.25) is 5.10 Å². The first-order valence-electron chi connectivity index (χ1n) is 8.02. The molecule has 130 valence electrons. The van der Waals surface area contributed by atoms with Crippen LogP contribution in [0.15, 0.2) is 41.5 Å². The number of nitrogens with one attached hydrogen (secondary N) is 3. The highest BCUT2D eigenvalue weighted by atomic mass is 16.5. The van der Waals surface area contributed by atoms with Crippen molar-refractivity contribution in [3.05, 3.63) is 42.2 Å². The Morgan fingerprint density at radius 1 is 1.29 bits per heavy atom.